The van der Waals surface area contributed by atoms with Crippen LogP contribution in [0.4, 0.5) is 11.8 Å². The summed E-state index contributed by atoms with van der Waals surface area (Å²) in [5, 5.41) is 19.8. The van der Waals surface area contributed by atoms with Crippen molar-refractivity contribution in [3.8, 4) is 11.1 Å². The van der Waals surface area contributed by atoms with Gasteiger partial charge in [0.15, 0.2) is 5.65 Å². The Labute approximate surface area is 217 Å². The first-order valence-corrected chi connectivity index (χ1v) is 12.4. The van der Waals surface area contributed by atoms with Crippen molar-refractivity contribution in [1.82, 2.24) is 24.9 Å². The van der Waals surface area contributed by atoms with Crippen LogP contribution in [-0.2, 0) is 13.2 Å². The first-order valence-electron chi connectivity index (χ1n) is 11.6. The fourth-order valence-corrected chi connectivity index (χ4v) is 5.01. The number of rotatable bonds is 8. The van der Waals surface area contributed by atoms with Gasteiger partial charge in [0.05, 0.1) is 12.2 Å². The number of carbonyl (C=O) groups excluding carboxylic acids is 1. The number of aliphatic hydroxyl groups excluding tert-OH is 1. The van der Waals surface area contributed by atoms with Crippen molar-refractivity contribution in [3.05, 3.63) is 95.8 Å². The Bertz CT molecular complexity index is 1580. The minimum Gasteiger partial charge on any atom is -0.392 e. The summed E-state index contributed by atoms with van der Waals surface area (Å²) in [6, 6.07) is 21.2. The van der Waals surface area contributed by atoms with Crippen molar-refractivity contribution in [2.75, 3.05) is 18.1 Å². The lowest BCUT2D eigenvalue weighted by molar-refractivity contribution is 0.0951. The number of hydrogen-bond acceptors (Lipinski definition) is 8. The van der Waals surface area contributed by atoms with Crippen molar-refractivity contribution >= 4 is 35.1 Å². The summed E-state index contributed by atoms with van der Waals surface area (Å²) in [7, 11) is 1.73. The largest absolute Gasteiger partial charge is 0.392 e. The number of carbonyl (C=O) groups is 1. The normalized spacial score (nSPS) is 11.0. The third-order valence-corrected chi connectivity index (χ3v) is 7.07. The second-order valence-electron chi connectivity index (χ2n) is 8.22. The number of nitrogen functional groups attached to an aromatic ring is 1. The van der Waals surface area contributed by atoms with Gasteiger partial charge in [0, 0.05) is 41.3 Å². The number of nitrogens with zero attached hydrogens (tertiary/aromatic N) is 4. The highest BCUT2D eigenvalue weighted by atomic mass is 32.2. The highest BCUT2D eigenvalue weighted by Gasteiger charge is 2.16. The zero-order valence-corrected chi connectivity index (χ0v) is 20.9. The average Bonchev–Trinajstić information content (AvgIpc) is 3.31. The molecule has 1 amide bonds. The number of aromatic nitrogens is 4. The average molecular weight is 512 g/mol. The third kappa shape index (κ3) is 5.25. The van der Waals surface area contributed by atoms with Gasteiger partial charge in [-0.3, -0.25) is 4.79 Å². The van der Waals surface area contributed by atoms with E-state index in [1.807, 2.05) is 60.7 Å². The Morgan fingerprint density at radius 3 is 2.51 bits per heavy atom. The quantitative estimate of drug-likeness (QED) is 0.246. The standard InChI is InChI=1S/C27H25N7O2S/c1-29-25-21(12-20(15-30-25)17-10-11-34-24(13-17)32-27(28)33-34)26(36)31-14-18-6-2-4-8-22(18)37-23-9-5-3-7-19(23)16-35/h2-13,15,35H,14,16H2,1H3,(H2,28,33)(H,29,30)(H,31,36). The zero-order chi connectivity index (χ0) is 25.8. The molecule has 0 atom stereocenters. The molecule has 0 aliphatic rings. The predicted octanol–water partition coefficient (Wildman–Crippen LogP) is 3.99. The predicted molar refractivity (Wildman–Crippen MR) is 144 cm³/mol. The summed E-state index contributed by atoms with van der Waals surface area (Å²) < 4.78 is 1.59. The van der Waals surface area contributed by atoms with Gasteiger partial charge in [0.2, 0.25) is 5.95 Å². The van der Waals surface area contributed by atoms with Crippen molar-refractivity contribution in [3.63, 3.8) is 0 Å². The van der Waals surface area contributed by atoms with E-state index in [2.05, 4.69) is 25.7 Å². The molecule has 0 aliphatic carbocycles. The molecule has 37 heavy (non-hydrogen) atoms. The molecular formula is C27H25N7O2S. The Hall–Kier alpha value is -4.41. The maximum absolute atomic E-state index is 13.3. The van der Waals surface area contributed by atoms with Gasteiger partial charge in [0.25, 0.3) is 5.91 Å². The molecular weight excluding hydrogens is 486 g/mol. The third-order valence-electron chi connectivity index (χ3n) is 5.83. The minimum atomic E-state index is -0.248. The molecule has 3 aromatic heterocycles. The molecule has 2 aromatic carbocycles. The van der Waals surface area contributed by atoms with E-state index < -0.39 is 0 Å². The van der Waals surface area contributed by atoms with Crippen LogP contribution in [-0.4, -0.2) is 37.6 Å². The summed E-state index contributed by atoms with van der Waals surface area (Å²) in [5.74, 6) is 0.426. The van der Waals surface area contributed by atoms with E-state index in [0.29, 0.717) is 23.6 Å². The maximum atomic E-state index is 13.3. The van der Waals surface area contributed by atoms with Gasteiger partial charge in [-0.1, -0.05) is 48.2 Å². The van der Waals surface area contributed by atoms with E-state index in [1.165, 1.54) is 0 Å². The van der Waals surface area contributed by atoms with E-state index >= 15 is 0 Å². The van der Waals surface area contributed by atoms with Crippen LogP contribution in [0.3, 0.4) is 0 Å². The fourth-order valence-electron chi connectivity index (χ4n) is 3.95. The van der Waals surface area contributed by atoms with Crippen LogP contribution in [0.25, 0.3) is 16.8 Å². The number of pyridine rings is 2. The second-order valence-corrected chi connectivity index (χ2v) is 9.30. The second kappa shape index (κ2) is 10.7. The van der Waals surface area contributed by atoms with Crippen LogP contribution in [0.15, 0.2) is 88.9 Å². The number of amides is 1. The Morgan fingerprint density at radius 2 is 1.76 bits per heavy atom. The lowest BCUT2D eigenvalue weighted by Gasteiger charge is -2.14. The first-order chi connectivity index (χ1) is 18.1. The molecule has 186 valence electrons. The van der Waals surface area contributed by atoms with Crippen LogP contribution >= 0.6 is 11.8 Å². The number of benzene rings is 2. The Balaban J connectivity index is 1.37. The Kier molecular flexibility index (Phi) is 7.02. The van der Waals surface area contributed by atoms with Crippen molar-refractivity contribution in [2.24, 2.45) is 0 Å². The molecule has 0 radical (unpaired) electrons. The lowest BCUT2D eigenvalue weighted by atomic mass is 10.1. The zero-order valence-electron chi connectivity index (χ0n) is 20.0. The van der Waals surface area contributed by atoms with Crippen LogP contribution in [0, 0.1) is 0 Å². The molecule has 5 aromatic rings. The molecule has 5 N–H and O–H groups in total. The molecule has 3 heterocycles. The van der Waals surface area contributed by atoms with Gasteiger partial charge < -0.3 is 21.5 Å². The highest BCUT2D eigenvalue weighted by Crippen LogP contribution is 2.33. The Morgan fingerprint density at radius 1 is 1.03 bits per heavy atom. The summed E-state index contributed by atoms with van der Waals surface area (Å²) in [6.45, 7) is 0.303. The maximum Gasteiger partial charge on any atom is 0.255 e. The molecule has 0 spiro atoms. The molecule has 0 aliphatic heterocycles. The molecule has 0 bridgehead atoms. The number of fused-ring (bicyclic) bond motifs is 1. The molecule has 10 heteroatoms. The monoisotopic (exact) mass is 511 g/mol. The van der Waals surface area contributed by atoms with Crippen LogP contribution < -0.4 is 16.4 Å². The summed E-state index contributed by atoms with van der Waals surface area (Å²) in [4.78, 5) is 23.9. The fraction of sp³-hybridized carbons (Fsp3) is 0.111. The summed E-state index contributed by atoms with van der Waals surface area (Å²) in [6.07, 6.45) is 3.47. The molecule has 0 unspecified atom stereocenters. The molecule has 5 rings (SSSR count). The number of aliphatic hydroxyl groups is 1. The number of nitrogens with two attached hydrogens (primary N) is 1. The molecule has 9 nitrogen and oxygen atoms in total. The van der Waals surface area contributed by atoms with Crippen LogP contribution in [0.5, 0.6) is 0 Å². The highest BCUT2D eigenvalue weighted by molar-refractivity contribution is 7.99. The molecule has 0 saturated heterocycles. The number of anilines is 2. The van der Waals surface area contributed by atoms with Crippen molar-refractivity contribution < 1.29 is 9.90 Å². The van der Waals surface area contributed by atoms with E-state index in [0.717, 1.165) is 32.0 Å². The van der Waals surface area contributed by atoms with E-state index in [4.69, 9.17) is 5.73 Å². The van der Waals surface area contributed by atoms with Crippen molar-refractivity contribution in [1.29, 1.82) is 0 Å². The first kappa shape index (κ1) is 24.3. The van der Waals surface area contributed by atoms with E-state index in [9.17, 15) is 9.90 Å². The van der Waals surface area contributed by atoms with Crippen LogP contribution in [0.2, 0.25) is 0 Å². The summed E-state index contributed by atoms with van der Waals surface area (Å²) >= 11 is 1.56. The topological polar surface area (TPSA) is 130 Å². The van der Waals surface area contributed by atoms with E-state index in [1.54, 1.807) is 41.8 Å². The van der Waals surface area contributed by atoms with Gasteiger partial charge >= 0.3 is 0 Å². The number of nitrogens with one attached hydrogen (secondary N) is 2. The van der Waals surface area contributed by atoms with Gasteiger partial charge in [-0.15, -0.1) is 5.10 Å². The summed E-state index contributed by atoms with van der Waals surface area (Å²) in [5.41, 5.74) is 10.2. The van der Waals surface area contributed by atoms with E-state index in [-0.39, 0.29) is 18.5 Å². The molecule has 0 fully saturated rings. The van der Waals surface area contributed by atoms with Gasteiger partial charge in [-0.05, 0) is 47.0 Å². The van der Waals surface area contributed by atoms with Crippen LogP contribution in [0.1, 0.15) is 21.5 Å². The minimum absolute atomic E-state index is 0.0321. The SMILES string of the molecule is CNc1ncc(-c2ccn3nc(N)nc3c2)cc1C(=O)NCc1ccccc1Sc1ccccc1CO. The van der Waals surface area contributed by atoms with Gasteiger partial charge in [-0.25, -0.2) is 9.50 Å². The lowest BCUT2D eigenvalue weighted by Crippen LogP contribution is -2.24. The van der Waals surface area contributed by atoms with Crippen molar-refractivity contribution in [2.45, 2.75) is 22.9 Å². The van der Waals surface area contributed by atoms with Gasteiger partial charge in [0.1, 0.15) is 5.82 Å². The van der Waals surface area contributed by atoms with Gasteiger partial charge in [-0.2, -0.15) is 4.98 Å². The smallest absolute Gasteiger partial charge is 0.255 e. The molecule has 0 saturated carbocycles. The number of hydrogen-bond donors (Lipinski definition) is 4.